The van der Waals surface area contributed by atoms with E-state index in [0.717, 1.165) is 31.0 Å². The first-order valence-corrected chi connectivity index (χ1v) is 7.81. The summed E-state index contributed by atoms with van der Waals surface area (Å²) < 4.78 is 5.08. The van der Waals surface area contributed by atoms with Gasteiger partial charge >= 0.3 is 0 Å². The van der Waals surface area contributed by atoms with Crippen LogP contribution in [0.3, 0.4) is 0 Å². The molecule has 2 aromatic rings. The predicted molar refractivity (Wildman–Crippen MR) is 107 cm³/mol. The lowest BCUT2D eigenvalue weighted by Gasteiger charge is -2.31. The molecule has 0 bridgehead atoms. The molecule has 0 amide bonds. The van der Waals surface area contributed by atoms with Gasteiger partial charge in [-0.25, -0.2) is 4.98 Å². The van der Waals surface area contributed by atoms with Gasteiger partial charge in [0, 0.05) is 38.9 Å². The van der Waals surface area contributed by atoms with Crippen molar-refractivity contribution in [3.63, 3.8) is 0 Å². The van der Waals surface area contributed by atoms with Crippen molar-refractivity contribution in [2.45, 2.75) is 19.5 Å². The first kappa shape index (κ1) is 18.5. The topological polar surface area (TPSA) is 49.8 Å². The van der Waals surface area contributed by atoms with E-state index in [2.05, 4.69) is 44.5 Å². The van der Waals surface area contributed by atoms with E-state index >= 15 is 0 Å². The van der Waals surface area contributed by atoms with Crippen molar-refractivity contribution >= 4 is 29.9 Å². The molecule has 1 aliphatic heterocycles. The molecule has 0 saturated heterocycles. The number of aliphatic imine (C=N–C) groups is 1. The Hall–Kier alpha value is -1.83. The van der Waals surface area contributed by atoms with Crippen molar-refractivity contribution in [2.24, 2.45) is 4.99 Å². The molecule has 5 nitrogen and oxygen atoms in total. The summed E-state index contributed by atoms with van der Waals surface area (Å²) in [6.07, 6.45) is 2.88. The average Bonchev–Trinajstić information content (AvgIpc) is 2.62. The summed E-state index contributed by atoms with van der Waals surface area (Å²) >= 11 is 0. The molecule has 1 N–H and O–H groups in total. The highest BCUT2D eigenvalue weighted by Crippen LogP contribution is 2.18. The van der Waals surface area contributed by atoms with Crippen LogP contribution in [0.4, 0.5) is 0 Å². The minimum absolute atomic E-state index is 0. The summed E-state index contributed by atoms with van der Waals surface area (Å²) in [6.45, 7) is 2.58. The van der Waals surface area contributed by atoms with E-state index in [1.165, 1.54) is 11.1 Å². The van der Waals surface area contributed by atoms with Crippen LogP contribution in [0.1, 0.15) is 16.7 Å². The molecular weight excluding hydrogens is 415 g/mol. The third kappa shape index (κ3) is 4.37. The van der Waals surface area contributed by atoms with Gasteiger partial charge < -0.3 is 15.0 Å². The lowest BCUT2D eigenvalue weighted by atomic mass is 10.0. The Labute approximate surface area is 160 Å². The minimum atomic E-state index is 0. The number of hydrogen-bond donors (Lipinski definition) is 1. The van der Waals surface area contributed by atoms with Crippen LogP contribution in [-0.4, -0.2) is 36.5 Å². The monoisotopic (exact) mass is 438 g/mol. The Morgan fingerprint density at radius 2 is 2.04 bits per heavy atom. The molecule has 128 valence electrons. The van der Waals surface area contributed by atoms with E-state index in [1.807, 2.05) is 25.4 Å². The number of pyridine rings is 1. The fraction of sp³-hybridized carbons (Fsp3) is 0.333. The molecule has 24 heavy (non-hydrogen) atoms. The van der Waals surface area contributed by atoms with Crippen LogP contribution in [0.2, 0.25) is 0 Å². The number of rotatable bonds is 3. The number of hydrogen-bond acceptors (Lipinski definition) is 3. The maximum Gasteiger partial charge on any atom is 0.212 e. The first-order valence-electron chi connectivity index (χ1n) is 7.81. The number of ether oxygens (including phenoxy) is 1. The molecule has 0 aliphatic carbocycles. The van der Waals surface area contributed by atoms with Gasteiger partial charge in [-0.05, 0) is 23.1 Å². The summed E-state index contributed by atoms with van der Waals surface area (Å²) in [6, 6.07) is 12.5. The smallest absolute Gasteiger partial charge is 0.212 e. The molecule has 0 unspecified atom stereocenters. The molecule has 3 rings (SSSR count). The van der Waals surface area contributed by atoms with Crippen LogP contribution in [0.25, 0.3) is 0 Å². The SMILES string of the molecule is CN=C(NCc1ccc(OC)nc1)N1CCc2ccccc2C1.I. The zero-order valence-electron chi connectivity index (χ0n) is 14.0. The third-order valence-electron chi connectivity index (χ3n) is 4.10. The zero-order chi connectivity index (χ0) is 16.1. The highest BCUT2D eigenvalue weighted by atomic mass is 127. The number of nitrogens with one attached hydrogen (secondary N) is 1. The summed E-state index contributed by atoms with van der Waals surface area (Å²) in [5.74, 6) is 1.56. The van der Waals surface area contributed by atoms with Crippen LogP contribution in [0.15, 0.2) is 47.6 Å². The second-order valence-corrected chi connectivity index (χ2v) is 5.55. The second-order valence-electron chi connectivity index (χ2n) is 5.55. The molecular formula is C18H23IN4O. The maximum atomic E-state index is 5.08. The molecule has 1 aromatic heterocycles. The van der Waals surface area contributed by atoms with Crippen LogP contribution >= 0.6 is 24.0 Å². The van der Waals surface area contributed by atoms with Crippen LogP contribution in [-0.2, 0) is 19.5 Å². The van der Waals surface area contributed by atoms with E-state index in [1.54, 1.807) is 7.11 Å². The Kier molecular flexibility index (Phi) is 6.84. The normalized spacial score (nSPS) is 13.8. The van der Waals surface area contributed by atoms with Crippen LogP contribution < -0.4 is 10.1 Å². The van der Waals surface area contributed by atoms with Crippen molar-refractivity contribution in [1.82, 2.24) is 15.2 Å². The quantitative estimate of drug-likeness (QED) is 0.455. The summed E-state index contributed by atoms with van der Waals surface area (Å²) in [5, 5.41) is 3.42. The Morgan fingerprint density at radius 3 is 2.71 bits per heavy atom. The Bertz CT molecular complexity index is 688. The van der Waals surface area contributed by atoms with E-state index in [9.17, 15) is 0 Å². The molecule has 0 saturated carbocycles. The lowest BCUT2D eigenvalue weighted by Crippen LogP contribution is -2.43. The first-order chi connectivity index (χ1) is 11.3. The molecule has 6 heteroatoms. The molecule has 1 aromatic carbocycles. The summed E-state index contributed by atoms with van der Waals surface area (Å²) in [7, 11) is 3.45. The van der Waals surface area contributed by atoms with Gasteiger partial charge in [-0.15, -0.1) is 24.0 Å². The van der Waals surface area contributed by atoms with Crippen molar-refractivity contribution in [1.29, 1.82) is 0 Å². The number of benzene rings is 1. The molecule has 0 spiro atoms. The fourth-order valence-corrected chi connectivity index (χ4v) is 2.83. The van der Waals surface area contributed by atoms with Crippen molar-refractivity contribution in [3.8, 4) is 5.88 Å². The van der Waals surface area contributed by atoms with Gasteiger partial charge in [0.2, 0.25) is 5.88 Å². The van der Waals surface area contributed by atoms with Gasteiger partial charge in [-0.2, -0.15) is 0 Å². The fourth-order valence-electron chi connectivity index (χ4n) is 2.83. The van der Waals surface area contributed by atoms with Gasteiger partial charge in [0.05, 0.1) is 7.11 Å². The number of fused-ring (bicyclic) bond motifs is 1. The Morgan fingerprint density at radius 1 is 1.25 bits per heavy atom. The third-order valence-corrected chi connectivity index (χ3v) is 4.10. The van der Waals surface area contributed by atoms with Gasteiger partial charge in [0.1, 0.15) is 0 Å². The van der Waals surface area contributed by atoms with E-state index in [4.69, 9.17) is 4.74 Å². The standard InChI is InChI=1S/C18H22N4O.HI/c1-19-18(21-12-14-7-8-17(23-2)20-11-14)22-10-9-15-5-3-4-6-16(15)13-22;/h3-8,11H,9-10,12-13H2,1-2H3,(H,19,21);1H. The molecule has 1 aliphatic rings. The number of guanidine groups is 1. The molecule has 0 atom stereocenters. The van der Waals surface area contributed by atoms with E-state index in [0.29, 0.717) is 12.4 Å². The minimum Gasteiger partial charge on any atom is -0.481 e. The predicted octanol–water partition coefficient (Wildman–Crippen LogP) is 2.84. The second kappa shape index (κ2) is 8.86. The highest BCUT2D eigenvalue weighted by Gasteiger charge is 2.18. The van der Waals surface area contributed by atoms with Crippen molar-refractivity contribution < 1.29 is 4.74 Å². The molecule has 0 radical (unpaired) electrons. The molecule has 2 heterocycles. The van der Waals surface area contributed by atoms with Crippen LogP contribution in [0.5, 0.6) is 5.88 Å². The number of methoxy groups -OCH3 is 1. The van der Waals surface area contributed by atoms with Gasteiger partial charge in [0.15, 0.2) is 5.96 Å². The number of halogens is 1. The van der Waals surface area contributed by atoms with E-state index in [-0.39, 0.29) is 24.0 Å². The zero-order valence-corrected chi connectivity index (χ0v) is 16.4. The largest absolute Gasteiger partial charge is 0.481 e. The Balaban J connectivity index is 0.00000208. The number of nitrogens with zero attached hydrogens (tertiary/aromatic N) is 3. The summed E-state index contributed by atoms with van der Waals surface area (Å²) in [5.41, 5.74) is 3.93. The lowest BCUT2D eigenvalue weighted by molar-refractivity contribution is 0.378. The molecule has 0 fully saturated rings. The van der Waals surface area contributed by atoms with Gasteiger partial charge in [0.25, 0.3) is 0 Å². The van der Waals surface area contributed by atoms with Crippen LogP contribution in [0, 0.1) is 0 Å². The number of aromatic nitrogens is 1. The van der Waals surface area contributed by atoms with E-state index < -0.39 is 0 Å². The maximum absolute atomic E-state index is 5.08. The van der Waals surface area contributed by atoms with Crippen molar-refractivity contribution in [2.75, 3.05) is 20.7 Å². The van der Waals surface area contributed by atoms with Gasteiger partial charge in [-0.1, -0.05) is 30.3 Å². The van der Waals surface area contributed by atoms with Crippen molar-refractivity contribution in [3.05, 3.63) is 59.3 Å². The average molecular weight is 438 g/mol. The summed E-state index contributed by atoms with van der Waals surface area (Å²) in [4.78, 5) is 10.9. The highest BCUT2D eigenvalue weighted by molar-refractivity contribution is 14.0. The van der Waals surface area contributed by atoms with Gasteiger partial charge in [-0.3, -0.25) is 4.99 Å².